The van der Waals surface area contributed by atoms with Crippen LogP contribution in [0.15, 0.2) is 46.7 Å². The van der Waals surface area contributed by atoms with Crippen molar-refractivity contribution in [1.29, 1.82) is 0 Å². The summed E-state index contributed by atoms with van der Waals surface area (Å²) in [6.45, 7) is 2.44. The summed E-state index contributed by atoms with van der Waals surface area (Å²) in [4.78, 5) is 1.26. The average molecular weight is 220 g/mol. The predicted octanol–water partition coefficient (Wildman–Crippen LogP) is 3.31. The first-order valence-electron chi connectivity index (χ1n) is 5.24. The maximum atomic E-state index is 9.11. The smallest absolute Gasteiger partial charge is 0.0490 e. The van der Waals surface area contributed by atoms with Gasteiger partial charge in [0.1, 0.15) is 0 Å². The van der Waals surface area contributed by atoms with Crippen molar-refractivity contribution in [3.05, 3.63) is 41.8 Å². The Bertz CT molecular complexity index is 347. The fourth-order valence-electron chi connectivity index (χ4n) is 1.64. The number of allylic oxidation sites excluding steroid dienone is 1. The highest BCUT2D eigenvalue weighted by molar-refractivity contribution is 8.02. The highest BCUT2D eigenvalue weighted by Gasteiger charge is 2.47. The topological polar surface area (TPSA) is 20.2 Å². The minimum absolute atomic E-state index is 0.160. The van der Waals surface area contributed by atoms with Gasteiger partial charge in [-0.15, -0.1) is 0 Å². The molecular weight excluding hydrogens is 204 g/mol. The molecule has 1 N–H and O–H groups in total. The van der Waals surface area contributed by atoms with E-state index < -0.39 is 0 Å². The summed E-state index contributed by atoms with van der Waals surface area (Å²) in [5.74, 6) is 0.568. The van der Waals surface area contributed by atoms with E-state index in [1.807, 2.05) is 18.2 Å². The maximum absolute atomic E-state index is 9.11. The van der Waals surface area contributed by atoms with E-state index >= 15 is 0 Å². The van der Waals surface area contributed by atoms with Crippen molar-refractivity contribution in [2.75, 3.05) is 6.61 Å². The van der Waals surface area contributed by atoms with Crippen LogP contribution in [-0.2, 0) is 0 Å². The van der Waals surface area contributed by atoms with Gasteiger partial charge in [-0.3, -0.25) is 0 Å². The van der Waals surface area contributed by atoms with Crippen LogP contribution < -0.4 is 0 Å². The Morgan fingerprint density at radius 1 is 1.47 bits per heavy atom. The van der Waals surface area contributed by atoms with Gasteiger partial charge in [-0.2, -0.15) is 0 Å². The van der Waals surface area contributed by atoms with Crippen LogP contribution in [-0.4, -0.2) is 11.7 Å². The van der Waals surface area contributed by atoms with E-state index in [4.69, 9.17) is 5.11 Å². The Kier molecular flexibility index (Phi) is 3.17. The van der Waals surface area contributed by atoms with Gasteiger partial charge in [0.15, 0.2) is 0 Å². The second-order valence-corrected chi connectivity index (χ2v) is 5.36. The molecule has 0 aromatic heterocycles. The molecule has 1 saturated carbocycles. The lowest BCUT2D eigenvalue weighted by Gasteiger charge is -2.01. The molecule has 2 heteroatoms. The molecule has 1 fully saturated rings. The second-order valence-electron chi connectivity index (χ2n) is 4.38. The Hall–Kier alpha value is -0.730. The van der Waals surface area contributed by atoms with Crippen LogP contribution in [0.4, 0.5) is 0 Å². The molecule has 0 amide bonds. The predicted molar refractivity (Wildman–Crippen MR) is 64.7 cm³/mol. The largest absolute Gasteiger partial charge is 0.396 e. The Labute approximate surface area is 95.2 Å². The molecule has 15 heavy (non-hydrogen) atoms. The molecule has 0 aliphatic heterocycles. The molecule has 1 aromatic carbocycles. The Morgan fingerprint density at radius 2 is 2.20 bits per heavy atom. The van der Waals surface area contributed by atoms with Gasteiger partial charge in [-0.1, -0.05) is 43.0 Å². The number of hydrogen-bond acceptors (Lipinski definition) is 2. The lowest BCUT2D eigenvalue weighted by Crippen LogP contribution is -2.02. The number of thioether (sulfide) groups is 1. The van der Waals surface area contributed by atoms with E-state index in [0.717, 1.165) is 6.42 Å². The van der Waals surface area contributed by atoms with Crippen LogP contribution in [0.1, 0.15) is 13.3 Å². The minimum Gasteiger partial charge on any atom is -0.396 e. The Balaban J connectivity index is 1.83. The van der Waals surface area contributed by atoms with Gasteiger partial charge in [0.2, 0.25) is 0 Å². The fourth-order valence-corrected chi connectivity index (χ4v) is 2.38. The molecule has 80 valence electrons. The second kappa shape index (κ2) is 4.42. The first kappa shape index (κ1) is 10.8. The number of aliphatic hydroxyl groups is 1. The zero-order valence-corrected chi connectivity index (χ0v) is 9.70. The quantitative estimate of drug-likeness (QED) is 0.786. The normalized spacial score (nSPS) is 29.6. The fraction of sp³-hybridized carbons (Fsp3) is 0.385. The summed E-state index contributed by atoms with van der Waals surface area (Å²) in [5, 5.41) is 11.3. The first-order valence-corrected chi connectivity index (χ1v) is 6.12. The van der Waals surface area contributed by atoms with Crippen LogP contribution in [0.5, 0.6) is 0 Å². The van der Waals surface area contributed by atoms with Gasteiger partial charge in [0, 0.05) is 11.5 Å². The van der Waals surface area contributed by atoms with Crippen LogP contribution in [0.25, 0.3) is 0 Å². The number of benzene rings is 1. The summed E-state index contributed by atoms with van der Waals surface area (Å²) in [6.07, 6.45) is 3.34. The molecular formula is C13H16OS. The average Bonchev–Trinajstić information content (AvgIpc) is 2.92. The van der Waals surface area contributed by atoms with E-state index in [9.17, 15) is 0 Å². The van der Waals surface area contributed by atoms with Crippen LogP contribution >= 0.6 is 11.8 Å². The van der Waals surface area contributed by atoms with Crippen molar-refractivity contribution in [2.45, 2.75) is 18.2 Å². The number of hydrogen-bond donors (Lipinski definition) is 1. The molecule has 2 rings (SSSR count). The molecule has 2 unspecified atom stereocenters. The van der Waals surface area contributed by atoms with Crippen LogP contribution in [0, 0.1) is 11.3 Å². The van der Waals surface area contributed by atoms with Crippen LogP contribution in [0.2, 0.25) is 0 Å². The zero-order valence-electron chi connectivity index (χ0n) is 8.89. The van der Waals surface area contributed by atoms with Crippen molar-refractivity contribution in [1.82, 2.24) is 0 Å². The zero-order chi connectivity index (χ0) is 10.7. The van der Waals surface area contributed by atoms with Crippen LogP contribution in [0.3, 0.4) is 0 Å². The van der Waals surface area contributed by atoms with E-state index in [0.29, 0.717) is 12.5 Å². The number of aliphatic hydroxyl groups excluding tert-OH is 1. The summed E-state index contributed by atoms with van der Waals surface area (Å²) in [6, 6.07) is 10.3. The molecule has 0 radical (unpaired) electrons. The molecule has 1 aliphatic carbocycles. The molecule has 0 bridgehead atoms. The van der Waals surface area contributed by atoms with Crippen molar-refractivity contribution in [3.8, 4) is 0 Å². The highest BCUT2D eigenvalue weighted by atomic mass is 32.2. The molecule has 1 aromatic rings. The molecule has 0 spiro atoms. The van der Waals surface area contributed by atoms with Gasteiger partial charge in [-0.05, 0) is 35.3 Å². The third kappa shape index (κ3) is 2.64. The third-order valence-corrected chi connectivity index (χ3v) is 3.88. The maximum Gasteiger partial charge on any atom is 0.0490 e. The van der Waals surface area contributed by atoms with Gasteiger partial charge >= 0.3 is 0 Å². The van der Waals surface area contributed by atoms with Crippen molar-refractivity contribution in [2.24, 2.45) is 11.3 Å². The lowest BCUT2D eigenvalue weighted by atomic mass is 10.1. The molecule has 0 heterocycles. The van der Waals surface area contributed by atoms with Gasteiger partial charge in [0.25, 0.3) is 0 Å². The van der Waals surface area contributed by atoms with Gasteiger partial charge < -0.3 is 5.11 Å². The van der Waals surface area contributed by atoms with E-state index in [1.54, 1.807) is 11.8 Å². The van der Waals surface area contributed by atoms with E-state index in [-0.39, 0.29) is 5.41 Å². The minimum atomic E-state index is 0.160. The van der Waals surface area contributed by atoms with Gasteiger partial charge in [0.05, 0.1) is 0 Å². The summed E-state index contributed by atoms with van der Waals surface area (Å²) in [5.41, 5.74) is 0.160. The van der Waals surface area contributed by atoms with E-state index in [1.165, 1.54) is 4.90 Å². The third-order valence-electron chi connectivity index (χ3n) is 3.04. The van der Waals surface area contributed by atoms with Crippen molar-refractivity contribution < 1.29 is 5.11 Å². The molecule has 0 saturated heterocycles. The monoisotopic (exact) mass is 220 g/mol. The van der Waals surface area contributed by atoms with Gasteiger partial charge in [-0.25, -0.2) is 0 Å². The summed E-state index contributed by atoms with van der Waals surface area (Å²) >= 11 is 1.74. The molecule has 2 atom stereocenters. The van der Waals surface area contributed by atoms with Crippen molar-refractivity contribution >= 4 is 11.8 Å². The summed E-state index contributed by atoms with van der Waals surface area (Å²) in [7, 11) is 0. The van der Waals surface area contributed by atoms with E-state index in [2.05, 4.69) is 30.5 Å². The van der Waals surface area contributed by atoms with Crippen molar-refractivity contribution in [3.63, 3.8) is 0 Å². The standard InChI is InChI=1S/C13H16OS/c1-13(10-14)9-11(13)7-8-15-12-5-3-2-4-6-12/h2-8,11,14H,9-10H2,1H3/b8-7+. The summed E-state index contributed by atoms with van der Waals surface area (Å²) < 4.78 is 0. The molecule has 1 nitrogen and oxygen atoms in total. The molecule has 1 aliphatic rings. The first-order chi connectivity index (χ1) is 7.24. The Morgan fingerprint density at radius 3 is 2.80 bits per heavy atom. The number of rotatable bonds is 4. The highest BCUT2D eigenvalue weighted by Crippen LogP contribution is 2.52. The SMILES string of the molecule is CC1(CO)CC1/C=C/Sc1ccccc1. The lowest BCUT2D eigenvalue weighted by molar-refractivity contribution is 0.217.